The van der Waals surface area contributed by atoms with Crippen LogP contribution in [0.25, 0.3) is 0 Å². The van der Waals surface area contributed by atoms with Crippen LogP contribution in [0, 0.1) is 17.8 Å². The minimum Gasteiger partial charge on any atom is -0.478 e. The number of carbonyl (C=O) groups excluding carboxylic acids is 1. The molecule has 2 heterocycles. The van der Waals surface area contributed by atoms with Gasteiger partial charge in [0.15, 0.2) is 6.29 Å². The summed E-state index contributed by atoms with van der Waals surface area (Å²) >= 11 is 0. The molecule has 1 aliphatic carbocycles. The van der Waals surface area contributed by atoms with E-state index in [2.05, 4.69) is 0 Å². The van der Waals surface area contributed by atoms with Gasteiger partial charge >= 0.3 is 11.9 Å². The van der Waals surface area contributed by atoms with Gasteiger partial charge in [0, 0.05) is 18.1 Å². The molecule has 0 bridgehead atoms. The van der Waals surface area contributed by atoms with Crippen LogP contribution in [0.2, 0.25) is 0 Å². The predicted octanol–water partition coefficient (Wildman–Crippen LogP) is 0.201. The van der Waals surface area contributed by atoms with Crippen molar-refractivity contribution in [1.29, 1.82) is 0 Å². The van der Waals surface area contributed by atoms with Gasteiger partial charge in [0.2, 0.25) is 6.29 Å². The Morgan fingerprint density at radius 2 is 1.87 bits per heavy atom. The molecule has 216 valence electrons. The molecule has 12 nitrogen and oxygen atoms in total. The number of carboxylic acid groups (broad SMARTS) is 1. The van der Waals surface area contributed by atoms with E-state index in [1.165, 1.54) is 0 Å². The third-order valence-corrected chi connectivity index (χ3v) is 7.86. The second kappa shape index (κ2) is 12.9. The lowest BCUT2D eigenvalue weighted by molar-refractivity contribution is -0.346. The van der Waals surface area contributed by atoms with E-state index in [0.29, 0.717) is 37.2 Å². The first kappa shape index (κ1) is 30.5. The number of hydrogen-bond acceptors (Lipinski definition) is 11. The number of esters is 1. The van der Waals surface area contributed by atoms with Gasteiger partial charge in [0.25, 0.3) is 0 Å². The van der Waals surface area contributed by atoms with Gasteiger partial charge in [-0.25, -0.2) is 9.59 Å². The third-order valence-electron chi connectivity index (χ3n) is 7.86. The number of aliphatic hydroxyl groups is 5. The van der Waals surface area contributed by atoms with Crippen molar-refractivity contribution in [2.75, 3.05) is 13.2 Å². The number of carboxylic acids is 1. The monoisotopic (exact) mass is 544 g/mol. The number of ether oxygens (including phenoxy) is 4. The van der Waals surface area contributed by atoms with Crippen molar-refractivity contribution >= 4 is 11.9 Å². The van der Waals surface area contributed by atoms with E-state index < -0.39 is 73.0 Å². The Kier molecular flexibility index (Phi) is 10.3. The first-order valence-corrected chi connectivity index (χ1v) is 13.0. The Morgan fingerprint density at radius 3 is 2.50 bits per heavy atom. The van der Waals surface area contributed by atoms with Crippen LogP contribution in [0.3, 0.4) is 0 Å². The molecule has 1 saturated heterocycles. The Balaban J connectivity index is 1.79. The van der Waals surface area contributed by atoms with Crippen LogP contribution in [0.5, 0.6) is 0 Å². The van der Waals surface area contributed by atoms with Crippen LogP contribution in [0.1, 0.15) is 52.9 Å². The number of aliphatic carboxylic acids is 1. The molecule has 3 aliphatic rings. The Hall–Kier alpha value is -2.06. The molecule has 3 rings (SSSR count). The van der Waals surface area contributed by atoms with Gasteiger partial charge in [0.05, 0.1) is 24.4 Å². The molecule has 10 atom stereocenters. The zero-order valence-corrected chi connectivity index (χ0v) is 21.9. The average Bonchev–Trinajstić information content (AvgIpc) is 3.21. The largest absolute Gasteiger partial charge is 0.478 e. The summed E-state index contributed by atoms with van der Waals surface area (Å²) in [6.45, 7) is 4.78. The maximum absolute atomic E-state index is 13.0. The highest BCUT2D eigenvalue weighted by Crippen LogP contribution is 2.51. The lowest BCUT2D eigenvalue weighted by Gasteiger charge is -2.44. The second-order valence-corrected chi connectivity index (χ2v) is 10.7. The third kappa shape index (κ3) is 6.56. The van der Waals surface area contributed by atoms with E-state index in [9.17, 15) is 35.1 Å². The van der Waals surface area contributed by atoms with Gasteiger partial charge in [0.1, 0.15) is 30.0 Å². The van der Waals surface area contributed by atoms with Gasteiger partial charge in [-0.3, -0.25) is 0 Å². The molecule has 0 amide bonds. The van der Waals surface area contributed by atoms with Gasteiger partial charge in [-0.05, 0) is 51.9 Å². The molecule has 2 aliphatic heterocycles. The maximum Gasteiger partial charge on any atom is 0.334 e. The number of aliphatic hydroxyl groups excluding tert-OH is 5. The molecule has 0 aromatic heterocycles. The van der Waals surface area contributed by atoms with Crippen molar-refractivity contribution in [1.82, 2.24) is 0 Å². The molecule has 0 aromatic carbocycles. The molecule has 6 N–H and O–H groups in total. The highest BCUT2D eigenvalue weighted by molar-refractivity contribution is 5.88. The zero-order chi connectivity index (χ0) is 28.2. The number of fused-ring (bicyclic) bond motifs is 1. The van der Waals surface area contributed by atoms with Crippen LogP contribution >= 0.6 is 0 Å². The van der Waals surface area contributed by atoms with Gasteiger partial charge in [-0.1, -0.05) is 13.0 Å². The van der Waals surface area contributed by atoms with E-state index in [0.717, 1.165) is 12.7 Å². The summed E-state index contributed by atoms with van der Waals surface area (Å²) in [4.78, 5) is 24.9. The van der Waals surface area contributed by atoms with Crippen molar-refractivity contribution < 1.29 is 59.2 Å². The standard InChI is InChI=1S/C26H40O12/c1-13(8-10-27)5-4-6-14(2)23(34)38-26(3)9-7-15-16(22(32)33)12-35-24(18(15)26)37-25-21(31)20(30)19(29)17(11-28)36-25/h6,12-13,15,17-21,24-25,27-31H,4-5,7-11H2,1-3H3,(H,32,33). The first-order valence-electron chi connectivity index (χ1n) is 13.0. The van der Waals surface area contributed by atoms with E-state index in [1.54, 1.807) is 19.9 Å². The average molecular weight is 545 g/mol. The normalized spacial score (nSPS) is 38.1. The zero-order valence-electron chi connectivity index (χ0n) is 21.9. The van der Waals surface area contributed by atoms with E-state index >= 15 is 0 Å². The van der Waals surface area contributed by atoms with Crippen molar-refractivity contribution in [3.8, 4) is 0 Å². The molecular weight excluding hydrogens is 504 g/mol. The van der Waals surface area contributed by atoms with E-state index in [4.69, 9.17) is 24.1 Å². The lowest BCUT2D eigenvalue weighted by atomic mass is 9.81. The summed E-state index contributed by atoms with van der Waals surface area (Å²) in [6.07, 6.45) is -3.27. The van der Waals surface area contributed by atoms with E-state index in [1.807, 2.05) is 6.92 Å². The van der Waals surface area contributed by atoms with Crippen LogP contribution in [0.15, 0.2) is 23.5 Å². The summed E-state index contributed by atoms with van der Waals surface area (Å²) < 4.78 is 22.8. The summed E-state index contributed by atoms with van der Waals surface area (Å²) in [6, 6.07) is 0. The summed E-state index contributed by atoms with van der Waals surface area (Å²) in [5, 5.41) is 58.8. The van der Waals surface area contributed by atoms with Crippen molar-refractivity contribution in [2.45, 2.75) is 95.5 Å². The molecule has 38 heavy (non-hydrogen) atoms. The van der Waals surface area contributed by atoms with Crippen molar-refractivity contribution in [3.63, 3.8) is 0 Å². The molecule has 10 unspecified atom stereocenters. The molecular formula is C26H40O12. The van der Waals surface area contributed by atoms with Crippen LogP contribution in [0.4, 0.5) is 0 Å². The van der Waals surface area contributed by atoms with Gasteiger partial charge < -0.3 is 49.6 Å². The first-order chi connectivity index (χ1) is 17.9. The van der Waals surface area contributed by atoms with Gasteiger partial charge in [-0.2, -0.15) is 0 Å². The fraction of sp³-hybridized carbons (Fsp3) is 0.769. The Morgan fingerprint density at radius 1 is 1.16 bits per heavy atom. The highest BCUT2D eigenvalue weighted by Gasteiger charge is 2.58. The van der Waals surface area contributed by atoms with Crippen molar-refractivity contribution in [2.24, 2.45) is 17.8 Å². The van der Waals surface area contributed by atoms with Crippen LogP contribution in [-0.2, 0) is 28.5 Å². The number of carbonyl (C=O) groups is 2. The fourth-order valence-electron chi connectivity index (χ4n) is 5.43. The molecule has 1 saturated carbocycles. The lowest BCUT2D eigenvalue weighted by Crippen LogP contribution is -2.61. The quantitative estimate of drug-likeness (QED) is 0.153. The minimum absolute atomic E-state index is 0.00596. The smallest absolute Gasteiger partial charge is 0.334 e. The van der Waals surface area contributed by atoms with Crippen LogP contribution in [-0.4, -0.2) is 98.4 Å². The predicted molar refractivity (Wildman–Crippen MR) is 130 cm³/mol. The SMILES string of the molecule is CC(=CCCC(C)CCO)C(=O)OC1(C)CCC2C(C(=O)O)=COC(OC3OC(CO)C(O)C(O)C3O)C21. The molecule has 2 fully saturated rings. The molecule has 0 radical (unpaired) electrons. The van der Waals surface area contributed by atoms with Crippen LogP contribution < -0.4 is 0 Å². The van der Waals surface area contributed by atoms with Gasteiger partial charge in [-0.15, -0.1) is 0 Å². The maximum atomic E-state index is 13.0. The topological polar surface area (TPSA) is 192 Å². The summed E-state index contributed by atoms with van der Waals surface area (Å²) in [5.74, 6) is -2.85. The Labute approximate surface area is 221 Å². The second-order valence-electron chi connectivity index (χ2n) is 10.7. The minimum atomic E-state index is -1.69. The highest BCUT2D eigenvalue weighted by atomic mass is 16.8. The number of rotatable bonds is 11. The number of hydrogen-bond donors (Lipinski definition) is 6. The Bertz CT molecular complexity index is 901. The van der Waals surface area contributed by atoms with Crippen molar-refractivity contribution in [3.05, 3.63) is 23.5 Å². The number of allylic oxidation sites excluding steroid dienone is 1. The molecule has 0 spiro atoms. The summed E-state index contributed by atoms with van der Waals surface area (Å²) in [5.41, 5.74) is -0.814. The molecule has 0 aromatic rings. The molecule has 12 heteroatoms. The fourth-order valence-corrected chi connectivity index (χ4v) is 5.43. The van der Waals surface area contributed by atoms with E-state index in [-0.39, 0.29) is 12.2 Å². The summed E-state index contributed by atoms with van der Waals surface area (Å²) in [7, 11) is 0.